The number of H-pyrrole nitrogens is 2. The van der Waals surface area contributed by atoms with Gasteiger partial charge in [0.2, 0.25) is 0 Å². The van der Waals surface area contributed by atoms with Gasteiger partial charge >= 0.3 is 0 Å². The Hall–Kier alpha value is -3.94. The molecular weight excluding hydrogens is 390 g/mol. The molecule has 0 unspecified atom stereocenters. The van der Waals surface area contributed by atoms with Gasteiger partial charge in [-0.25, -0.2) is 9.97 Å². The van der Waals surface area contributed by atoms with Crippen LogP contribution >= 0.6 is 0 Å². The quantitative estimate of drug-likeness (QED) is 0.403. The number of benzene rings is 1. The predicted octanol–water partition coefficient (Wildman–Crippen LogP) is 4.17. The van der Waals surface area contributed by atoms with Gasteiger partial charge in [-0.15, -0.1) is 0 Å². The Balaban J connectivity index is 1.51. The highest BCUT2D eigenvalue weighted by Gasteiger charge is 2.30. The molecule has 1 aromatic carbocycles. The van der Waals surface area contributed by atoms with Gasteiger partial charge in [0.15, 0.2) is 5.82 Å². The van der Waals surface area contributed by atoms with Crippen molar-refractivity contribution < 1.29 is 0 Å². The van der Waals surface area contributed by atoms with E-state index in [1.807, 2.05) is 35.0 Å². The van der Waals surface area contributed by atoms with Crippen molar-refractivity contribution in [1.82, 2.24) is 29.7 Å². The molecule has 0 aliphatic heterocycles. The van der Waals surface area contributed by atoms with Crippen molar-refractivity contribution in [3.05, 3.63) is 71.3 Å². The Morgan fingerprint density at radius 3 is 2.94 bits per heavy atom. The number of aromatic nitrogens is 6. The van der Waals surface area contributed by atoms with E-state index in [9.17, 15) is 4.79 Å². The monoisotopic (exact) mass is 411 g/mol. The summed E-state index contributed by atoms with van der Waals surface area (Å²) >= 11 is 0. The minimum absolute atomic E-state index is 0.0476. The second-order valence-corrected chi connectivity index (χ2v) is 8.06. The van der Waals surface area contributed by atoms with Gasteiger partial charge in [0.1, 0.15) is 5.52 Å². The lowest BCUT2D eigenvalue weighted by molar-refractivity contribution is 0.636. The van der Waals surface area contributed by atoms with Crippen LogP contribution in [0.2, 0.25) is 0 Å². The van der Waals surface area contributed by atoms with Crippen molar-refractivity contribution in [1.29, 1.82) is 0 Å². The molecule has 1 fully saturated rings. The fraction of sp³-hybridized carbons (Fsp3) is 0.217. The first kappa shape index (κ1) is 17.9. The maximum absolute atomic E-state index is 13.7. The largest absolute Gasteiger partial charge is 0.360 e. The molecule has 0 amide bonds. The topological polar surface area (TPSA) is 104 Å². The first-order valence-electron chi connectivity index (χ1n) is 10.4. The molecule has 3 N–H and O–H groups in total. The number of aromatic amines is 2. The molecule has 1 aliphatic rings. The van der Waals surface area contributed by atoms with Crippen molar-refractivity contribution in [3.8, 4) is 11.1 Å². The van der Waals surface area contributed by atoms with Crippen LogP contribution in [-0.2, 0) is 0 Å². The summed E-state index contributed by atoms with van der Waals surface area (Å²) in [7, 11) is 0. The Bertz CT molecular complexity index is 1460. The summed E-state index contributed by atoms with van der Waals surface area (Å²) in [6.07, 6.45) is 9.03. The standard InChI is InChI=1S/C23H21N7O/c1-13(29-22-21-18(7-8-24-22)25-12-26-21)19-9-14-3-2-4-17(15-10-27-28-11-15)20(14)23(31)30(19)16-5-6-16/h2-4,7-13,16H,5-6H2,1H3,(H,24,29)(H,25,26)(H,27,28)/t13-/m0/s1. The summed E-state index contributed by atoms with van der Waals surface area (Å²) < 4.78 is 1.97. The van der Waals surface area contributed by atoms with Crippen LogP contribution in [0.5, 0.6) is 0 Å². The molecule has 154 valence electrons. The maximum Gasteiger partial charge on any atom is 0.259 e. The number of imidazole rings is 1. The number of rotatable bonds is 5. The highest BCUT2D eigenvalue weighted by Crippen LogP contribution is 2.38. The molecule has 8 heteroatoms. The third-order valence-electron chi connectivity index (χ3n) is 5.97. The third kappa shape index (κ3) is 2.91. The summed E-state index contributed by atoms with van der Waals surface area (Å²) in [5.41, 5.74) is 4.54. The second-order valence-electron chi connectivity index (χ2n) is 8.06. The fourth-order valence-electron chi connectivity index (χ4n) is 4.33. The predicted molar refractivity (Wildman–Crippen MR) is 120 cm³/mol. The van der Waals surface area contributed by atoms with Gasteiger partial charge in [-0.05, 0) is 42.8 Å². The van der Waals surface area contributed by atoms with E-state index in [2.05, 4.69) is 43.5 Å². The van der Waals surface area contributed by atoms with Crippen molar-refractivity contribution in [2.75, 3.05) is 5.32 Å². The van der Waals surface area contributed by atoms with Crippen LogP contribution in [0.3, 0.4) is 0 Å². The summed E-state index contributed by atoms with van der Waals surface area (Å²) in [5.74, 6) is 0.702. The molecule has 0 bridgehead atoms. The molecule has 4 aromatic heterocycles. The number of anilines is 1. The molecule has 0 radical (unpaired) electrons. The van der Waals surface area contributed by atoms with Gasteiger partial charge in [-0.1, -0.05) is 18.2 Å². The average Bonchev–Trinajstić information content (AvgIpc) is 3.25. The fourth-order valence-corrected chi connectivity index (χ4v) is 4.33. The maximum atomic E-state index is 13.7. The van der Waals surface area contributed by atoms with Gasteiger partial charge in [0.25, 0.3) is 5.56 Å². The normalized spacial score (nSPS) is 14.9. The Labute approximate surface area is 177 Å². The van der Waals surface area contributed by atoms with Gasteiger partial charge in [-0.2, -0.15) is 5.10 Å². The van der Waals surface area contributed by atoms with Crippen molar-refractivity contribution in [2.24, 2.45) is 0 Å². The summed E-state index contributed by atoms with van der Waals surface area (Å²) in [6.45, 7) is 2.06. The summed E-state index contributed by atoms with van der Waals surface area (Å²) in [6, 6.07) is 10.1. The Morgan fingerprint density at radius 2 is 2.13 bits per heavy atom. The smallest absolute Gasteiger partial charge is 0.259 e. The molecule has 0 spiro atoms. The van der Waals surface area contributed by atoms with E-state index in [1.54, 1.807) is 18.7 Å². The van der Waals surface area contributed by atoms with Gasteiger partial charge < -0.3 is 14.9 Å². The number of nitrogens with one attached hydrogen (secondary N) is 3. The van der Waals surface area contributed by atoms with Crippen molar-refractivity contribution in [2.45, 2.75) is 31.8 Å². The molecule has 4 heterocycles. The lowest BCUT2D eigenvalue weighted by Crippen LogP contribution is -2.26. The Morgan fingerprint density at radius 1 is 1.23 bits per heavy atom. The second kappa shape index (κ2) is 6.80. The number of nitrogens with zero attached hydrogens (tertiary/aromatic N) is 4. The molecular formula is C23H21N7O. The zero-order chi connectivity index (χ0) is 20.9. The third-order valence-corrected chi connectivity index (χ3v) is 5.97. The molecule has 8 nitrogen and oxygen atoms in total. The van der Waals surface area contributed by atoms with E-state index in [0.29, 0.717) is 5.82 Å². The molecule has 1 atom stereocenters. The minimum atomic E-state index is -0.120. The van der Waals surface area contributed by atoms with E-state index in [4.69, 9.17) is 0 Å². The van der Waals surface area contributed by atoms with E-state index in [1.165, 1.54) is 0 Å². The highest BCUT2D eigenvalue weighted by molar-refractivity contribution is 5.96. The number of fused-ring (bicyclic) bond motifs is 2. The zero-order valence-corrected chi connectivity index (χ0v) is 17.0. The van der Waals surface area contributed by atoms with Gasteiger partial charge in [-0.3, -0.25) is 9.89 Å². The number of hydrogen-bond acceptors (Lipinski definition) is 5. The lowest BCUT2D eigenvalue weighted by Gasteiger charge is -2.22. The van der Waals surface area contributed by atoms with E-state index >= 15 is 0 Å². The van der Waals surface area contributed by atoms with Crippen molar-refractivity contribution in [3.63, 3.8) is 0 Å². The number of pyridine rings is 2. The van der Waals surface area contributed by atoms with Crippen LogP contribution in [0.25, 0.3) is 32.9 Å². The first-order valence-corrected chi connectivity index (χ1v) is 10.4. The van der Waals surface area contributed by atoms with Crippen LogP contribution < -0.4 is 10.9 Å². The van der Waals surface area contributed by atoms with Crippen LogP contribution in [0, 0.1) is 0 Å². The van der Waals surface area contributed by atoms with Crippen LogP contribution in [0.4, 0.5) is 5.82 Å². The van der Waals surface area contributed by atoms with Crippen LogP contribution in [0.15, 0.2) is 60.0 Å². The molecule has 5 aromatic rings. The minimum Gasteiger partial charge on any atom is -0.360 e. The molecule has 1 saturated carbocycles. The van der Waals surface area contributed by atoms with Crippen LogP contribution in [0.1, 0.15) is 37.5 Å². The summed E-state index contributed by atoms with van der Waals surface area (Å²) in [5, 5.41) is 12.0. The summed E-state index contributed by atoms with van der Waals surface area (Å²) in [4.78, 5) is 25.7. The average molecular weight is 411 g/mol. The van der Waals surface area contributed by atoms with Crippen LogP contribution in [-0.4, -0.2) is 29.7 Å². The number of hydrogen-bond donors (Lipinski definition) is 3. The molecule has 0 saturated heterocycles. The Kier molecular flexibility index (Phi) is 3.92. The molecule has 1 aliphatic carbocycles. The highest BCUT2D eigenvalue weighted by atomic mass is 16.1. The lowest BCUT2D eigenvalue weighted by atomic mass is 10.00. The van der Waals surface area contributed by atoms with E-state index < -0.39 is 0 Å². The van der Waals surface area contributed by atoms with E-state index in [0.717, 1.165) is 51.5 Å². The van der Waals surface area contributed by atoms with Gasteiger partial charge in [0.05, 0.1) is 29.5 Å². The van der Waals surface area contributed by atoms with Crippen molar-refractivity contribution >= 4 is 27.6 Å². The molecule has 6 rings (SSSR count). The molecule has 31 heavy (non-hydrogen) atoms. The first-order chi connectivity index (χ1) is 15.2. The van der Waals surface area contributed by atoms with E-state index in [-0.39, 0.29) is 17.6 Å². The SMILES string of the molecule is C[C@H](Nc1nccc2[nH]cnc12)c1cc2cccc(-c3cn[nH]c3)c2c(=O)n1C1CC1. The van der Waals surface area contributed by atoms with Gasteiger partial charge in [0, 0.05) is 29.7 Å². The zero-order valence-electron chi connectivity index (χ0n) is 17.0.